The molecule has 0 saturated carbocycles. The van der Waals surface area contributed by atoms with Crippen LogP contribution in [0.3, 0.4) is 0 Å². The van der Waals surface area contributed by atoms with E-state index in [1.165, 1.54) is 0 Å². The van der Waals surface area contributed by atoms with Gasteiger partial charge in [-0.05, 0) is 36.4 Å². The first kappa shape index (κ1) is 13.5. The minimum Gasteiger partial charge on any atom is -0.497 e. The number of benzene rings is 2. The Morgan fingerprint density at radius 2 is 1.74 bits per heavy atom. The van der Waals surface area contributed by atoms with Crippen molar-refractivity contribution in [2.75, 3.05) is 7.11 Å². The van der Waals surface area contributed by atoms with Crippen LogP contribution in [0.4, 0.5) is 0 Å². The molecule has 2 aromatic carbocycles. The van der Waals surface area contributed by atoms with Gasteiger partial charge in [0.15, 0.2) is 0 Å². The van der Waals surface area contributed by atoms with Gasteiger partial charge in [-0.1, -0.05) is 18.2 Å². The van der Waals surface area contributed by atoms with Crippen molar-refractivity contribution in [3.8, 4) is 17.0 Å². The standard InChI is InChI=1S/C18H13N3O2/c1-23-12-8-6-11(7-9-12)16-10-14-17(21-20-16)13-4-2-3-5-15(13)19-18(14)22/h2-10H,1H3,(H,19,22). The Labute approximate surface area is 131 Å². The molecule has 5 heteroatoms. The maximum atomic E-state index is 12.3. The largest absolute Gasteiger partial charge is 0.497 e. The fourth-order valence-electron chi connectivity index (χ4n) is 2.65. The number of nitrogens with one attached hydrogen (secondary N) is 1. The summed E-state index contributed by atoms with van der Waals surface area (Å²) in [6, 6.07) is 16.8. The van der Waals surface area contributed by atoms with Crippen LogP contribution in [0.2, 0.25) is 0 Å². The number of hydrogen-bond acceptors (Lipinski definition) is 4. The highest BCUT2D eigenvalue weighted by Gasteiger charge is 2.09. The Morgan fingerprint density at radius 3 is 2.52 bits per heavy atom. The Morgan fingerprint density at radius 1 is 0.957 bits per heavy atom. The van der Waals surface area contributed by atoms with Gasteiger partial charge in [-0.2, -0.15) is 0 Å². The molecular formula is C18H13N3O2. The summed E-state index contributed by atoms with van der Waals surface area (Å²) in [6.45, 7) is 0. The van der Waals surface area contributed by atoms with Crippen molar-refractivity contribution in [2.45, 2.75) is 0 Å². The molecule has 4 rings (SSSR count). The first-order valence-electron chi connectivity index (χ1n) is 7.19. The number of aromatic nitrogens is 3. The first-order valence-corrected chi connectivity index (χ1v) is 7.19. The van der Waals surface area contributed by atoms with Gasteiger partial charge >= 0.3 is 0 Å². The van der Waals surface area contributed by atoms with E-state index in [2.05, 4.69) is 15.2 Å². The molecule has 0 aliphatic rings. The highest BCUT2D eigenvalue weighted by atomic mass is 16.5. The Bertz CT molecular complexity index is 1070. The summed E-state index contributed by atoms with van der Waals surface area (Å²) in [5, 5.41) is 9.99. The van der Waals surface area contributed by atoms with E-state index in [0.717, 1.165) is 22.2 Å². The number of methoxy groups -OCH3 is 1. The fourth-order valence-corrected chi connectivity index (χ4v) is 2.65. The molecule has 0 bridgehead atoms. The lowest BCUT2D eigenvalue weighted by Gasteiger charge is -2.05. The first-order chi connectivity index (χ1) is 11.3. The topological polar surface area (TPSA) is 67.9 Å². The van der Waals surface area contributed by atoms with Crippen LogP contribution in [0, 0.1) is 0 Å². The molecule has 0 amide bonds. The third-order valence-electron chi connectivity index (χ3n) is 3.85. The van der Waals surface area contributed by atoms with Crippen LogP contribution in [-0.2, 0) is 0 Å². The predicted octanol–water partition coefficient (Wildman–Crippen LogP) is 3.15. The maximum absolute atomic E-state index is 12.3. The van der Waals surface area contributed by atoms with E-state index < -0.39 is 0 Å². The number of ether oxygens (including phenoxy) is 1. The summed E-state index contributed by atoms with van der Waals surface area (Å²) in [4.78, 5) is 15.2. The lowest BCUT2D eigenvalue weighted by atomic mass is 10.1. The molecule has 4 aromatic rings. The van der Waals surface area contributed by atoms with Gasteiger partial charge in [-0.15, -0.1) is 10.2 Å². The van der Waals surface area contributed by atoms with Crippen molar-refractivity contribution in [1.29, 1.82) is 0 Å². The van der Waals surface area contributed by atoms with Crippen molar-refractivity contribution < 1.29 is 4.74 Å². The molecule has 112 valence electrons. The van der Waals surface area contributed by atoms with E-state index in [1.54, 1.807) is 13.2 Å². The van der Waals surface area contributed by atoms with E-state index in [1.807, 2.05) is 48.5 Å². The Hall–Kier alpha value is -3.21. The van der Waals surface area contributed by atoms with Crippen LogP contribution in [0.15, 0.2) is 59.4 Å². The number of pyridine rings is 1. The van der Waals surface area contributed by atoms with Crippen LogP contribution in [-0.4, -0.2) is 22.3 Å². The molecule has 0 saturated heterocycles. The number of rotatable bonds is 2. The quantitative estimate of drug-likeness (QED) is 0.578. The van der Waals surface area contributed by atoms with Gasteiger partial charge in [0.05, 0.1) is 23.7 Å². The van der Waals surface area contributed by atoms with Crippen LogP contribution in [0.1, 0.15) is 0 Å². The number of hydrogen-bond donors (Lipinski definition) is 1. The average molecular weight is 303 g/mol. The van der Waals surface area contributed by atoms with Crippen molar-refractivity contribution >= 4 is 21.8 Å². The number of fused-ring (bicyclic) bond motifs is 3. The molecule has 0 aliphatic heterocycles. The van der Waals surface area contributed by atoms with Gasteiger partial charge in [-0.25, -0.2) is 0 Å². The molecule has 0 aliphatic carbocycles. The molecular weight excluding hydrogens is 290 g/mol. The lowest BCUT2D eigenvalue weighted by Crippen LogP contribution is -2.08. The summed E-state index contributed by atoms with van der Waals surface area (Å²) < 4.78 is 5.15. The molecule has 2 aromatic heterocycles. The zero-order chi connectivity index (χ0) is 15.8. The predicted molar refractivity (Wildman–Crippen MR) is 89.7 cm³/mol. The minimum absolute atomic E-state index is 0.164. The van der Waals surface area contributed by atoms with E-state index in [-0.39, 0.29) is 5.56 Å². The Balaban J connectivity index is 1.95. The van der Waals surface area contributed by atoms with Crippen LogP contribution < -0.4 is 10.3 Å². The number of aromatic amines is 1. The monoisotopic (exact) mass is 303 g/mol. The smallest absolute Gasteiger partial charge is 0.258 e. The van der Waals surface area contributed by atoms with Gasteiger partial charge in [-0.3, -0.25) is 4.79 Å². The van der Waals surface area contributed by atoms with Gasteiger partial charge in [0, 0.05) is 10.9 Å². The summed E-state index contributed by atoms with van der Waals surface area (Å²) in [7, 11) is 1.62. The second kappa shape index (κ2) is 5.21. The Kier molecular flexibility index (Phi) is 3.05. The van der Waals surface area contributed by atoms with E-state index >= 15 is 0 Å². The highest BCUT2D eigenvalue weighted by Crippen LogP contribution is 2.24. The second-order valence-electron chi connectivity index (χ2n) is 5.22. The fraction of sp³-hybridized carbons (Fsp3) is 0.0556. The molecule has 23 heavy (non-hydrogen) atoms. The third-order valence-corrected chi connectivity index (χ3v) is 3.85. The van der Waals surface area contributed by atoms with Crippen molar-refractivity contribution in [3.05, 3.63) is 65.0 Å². The minimum atomic E-state index is -0.164. The van der Waals surface area contributed by atoms with Gasteiger partial charge in [0.2, 0.25) is 0 Å². The van der Waals surface area contributed by atoms with Gasteiger partial charge < -0.3 is 9.72 Å². The van der Waals surface area contributed by atoms with E-state index in [0.29, 0.717) is 16.6 Å². The SMILES string of the molecule is COc1ccc(-c2cc3c(=O)[nH]c4ccccc4c3nn2)cc1. The number of para-hydroxylation sites is 1. The molecule has 1 N–H and O–H groups in total. The molecule has 0 fully saturated rings. The zero-order valence-electron chi connectivity index (χ0n) is 12.4. The van der Waals surface area contributed by atoms with Gasteiger partial charge in [0.1, 0.15) is 11.3 Å². The highest BCUT2D eigenvalue weighted by molar-refractivity contribution is 6.03. The normalized spacial score (nSPS) is 11.0. The third kappa shape index (κ3) is 2.23. The van der Waals surface area contributed by atoms with Crippen LogP contribution >= 0.6 is 0 Å². The molecule has 2 heterocycles. The second-order valence-corrected chi connectivity index (χ2v) is 5.22. The summed E-state index contributed by atoms with van der Waals surface area (Å²) in [6.07, 6.45) is 0. The zero-order valence-corrected chi connectivity index (χ0v) is 12.4. The number of H-pyrrole nitrogens is 1. The lowest BCUT2D eigenvalue weighted by molar-refractivity contribution is 0.415. The molecule has 0 atom stereocenters. The van der Waals surface area contributed by atoms with Crippen molar-refractivity contribution in [2.24, 2.45) is 0 Å². The van der Waals surface area contributed by atoms with Crippen LogP contribution in [0.5, 0.6) is 5.75 Å². The summed E-state index contributed by atoms with van der Waals surface area (Å²) >= 11 is 0. The van der Waals surface area contributed by atoms with E-state index in [9.17, 15) is 4.79 Å². The summed E-state index contributed by atoms with van der Waals surface area (Å²) in [5.41, 5.74) is 2.75. The number of nitrogens with zero attached hydrogens (tertiary/aromatic N) is 2. The van der Waals surface area contributed by atoms with Crippen molar-refractivity contribution in [1.82, 2.24) is 15.2 Å². The van der Waals surface area contributed by atoms with Crippen molar-refractivity contribution in [3.63, 3.8) is 0 Å². The van der Waals surface area contributed by atoms with Gasteiger partial charge in [0.25, 0.3) is 5.56 Å². The van der Waals surface area contributed by atoms with Crippen LogP contribution in [0.25, 0.3) is 33.1 Å². The molecule has 0 spiro atoms. The molecule has 0 radical (unpaired) electrons. The molecule has 0 unspecified atom stereocenters. The molecule has 5 nitrogen and oxygen atoms in total. The maximum Gasteiger partial charge on any atom is 0.258 e. The van der Waals surface area contributed by atoms with E-state index in [4.69, 9.17) is 4.74 Å². The average Bonchev–Trinajstić information content (AvgIpc) is 2.62. The summed E-state index contributed by atoms with van der Waals surface area (Å²) in [5.74, 6) is 0.770.